The van der Waals surface area contributed by atoms with Gasteiger partial charge in [0.1, 0.15) is 11.6 Å². The zero-order valence-corrected chi connectivity index (χ0v) is 18.8. The molecule has 0 spiro atoms. The van der Waals surface area contributed by atoms with Gasteiger partial charge in [0, 0.05) is 39.8 Å². The van der Waals surface area contributed by atoms with Crippen LogP contribution in [0.3, 0.4) is 0 Å². The van der Waals surface area contributed by atoms with Gasteiger partial charge in [-0.15, -0.1) is 15.3 Å². The molecule has 0 saturated carbocycles. The van der Waals surface area contributed by atoms with Crippen molar-refractivity contribution in [1.82, 2.24) is 25.7 Å². The lowest BCUT2D eigenvalue weighted by atomic mass is 9.84. The highest BCUT2D eigenvalue weighted by Gasteiger charge is 2.49. The van der Waals surface area contributed by atoms with Gasteiger partial charge in [0.15, 0.2) is 5.82 Å². The molecular weight excluding hydrogens is 435 g/mol. The molecule has 34 heavy (non-hydrogen) atoms. The summed E-state index contributed by atoms with van der Waals surface area (Å²) < 4.78 is 66.3. The number of nitrogens with one attached hydrogen (secondary N) is 1. The Kier molecular flexibility index (Phi) is 3.92. The molecule has 4 heterocycles. The van der Waals surface area contributed by atoms with E-state index in [1.54, 1.807) is 0 Å². The van der Waals surface area contributed by atoms with Gasteiger partial charge in [0.25, 0.3) is 0 Å². The number of methoxy groups -OCH3 is 1. The predicted octanol–water partition coefficient (Wildman–Crippen LogP) is 3.95. The average Bonchev–Trinajstić information content (AvgIpc) is 3.04. The summed E-state index contributed by atoms with van der Waals surface area (Å²) in [7, 11) is -2.74. The third-order valence-electron chi connectivity index (χ3n) is 6.86. The second-order valence-electron chi connectivity index (χ2n) is 9.69. The number of piperidine rings is 1. The zero-order valence-electron chi connectivity index (χ0n) is 24.8. The van der Waals surface area contributed by atoms with E-state index in [9.17, 15) is 5.11 Å². The standard InChI is InChI=1S/C25H29FN6O2/c1-24-7-8-25(2,31-24)13-17(12-24)32(3)21-6-5-19(28-29-21)23-18(26)9-15(10-20(23)33)16-11-22(34-4)30-27-14-16/h5-6,9-11,14,17,31,33H,7-8,12-13H2,1-4H3/t17?,24-,25+/i3D3,4D3. The van der Waals surface area contributed by atoms with E-state index in [0.29, 0.717) is 12.8 Å². The normalized spacial score (nSPS) is 29.2. The van der Waals surface area contributed by atoms with Crippen molar-refractivity contribution < 1.29 is 22.5 Å². The summed E-state index contributed by atoms with van der Waals surface area (Å²) in [6.45, 7) is 1.74. The Morgan fingerprint density at radius 3 is 2.56 bits per heavy atom. The number of phenols is 1. The number of fused-ring (bicyclic) bond motifs is 2. The third kappa shape index (κ3) is 4.04. The first-order valence-corrected chi connectivity index (χ1v) is 11.0. The molecule has 2 aliphatic rings. The van der Waals surface area contributed by atoms with E-state index in [1.165, 1.54) is 35.4 Å². The monoisotopic (exact) mass is 470 g/mol. The van der Waals surface area contributed by atoms with Gasteiger partial charge in [-0.05, 0) is 69.4 Å². The average molecular weight is 471 g/mol. The smallest absolute Gasteiger partial charge is 0.233 e. The van der Waals surface area contributed by atoms with Gasteiger partial charge in [0.05, 0.1) is 28.6 Å². The van der Waals surface area contributed by atoms with Gasteiger partial charge in [0.2, 0.25) is 5.88 Å². The Bertz CT molecular complexity index is 1380. The summed E-state index contributed by atoms with van der Waals surface area (Å²) >= 11 is 0. The number of aromatic nitrogens is 4. The maximum absolute atomic E-state index is 15.3. The SMILES string of the molecule is [2H]C([2H])([2H])Oc1cc(-c2cc(O)c(-c3ccc(N(C4C[C@]5(C)CC[C@](C)(C4)N5)C([2H])([2H])[2H])nn3)c(F)c2)cnn1. The van der Waals surface area contributed by atoms with Crippen LogP contribution < -0.4 is 15.0 Å². The topological polar surface area (TPSA) is 96.3 Å². The molecule has 0 aliphatic carbocycles. The zero-order chi connectivity index (χ0) is 29.1. The van der Waals surface area contributed by atoms with Crippen molar-refractivity contribution >= 4 is 5.82 Å². The van der Waals surface area contributed by atoms with Gasteiger partial charge < -0.3 is 20.1 Å². The van der Waals surface area contributed by atoms with E-state index in [0.717, 1.165) is 18.9 Å². The first-order valence-electron chi connectivity index (χ1n) is 14.0. The molecule has 0 radical (unpaired) electrons. The van der Waals surface area contributed by atoms with Crippen LogP contribution in [0.25, 0.3) is 22.4 Å². The van der Waals surface area contributed by atoms with Gasteiger partial charge in [-0.25, -0.2) is 4.39 Å². The van der Waals surface area contributed by atoms with Gasteiger partial charge in [-0.1, -0.05) is 0 Å². The van der Waals surface area contributed by atoms with Crippen LogP contribution >= 0.6 is 0 Å². The molecule has 3 aromatic rings. The van der Waals surface area contributed by atoms with E-state index in [1.807, 2.05) is 0 Å². The number of rotatable bonds is 5. The summed E-state index contributed by atoms with van der Waals surface area (Å²) in [6.07, 6.45) is 4.44. The fourth-order valence-corrected chi connectivity index (χ4v) is 5.35. The summed E-state index contributed by atoms with van der Waals surface area (Å²) in [6, 6.07) is 6.26. The molecule has 2 fully saturated rings. The molecule has 0 amide bonds. The Morgan fingerprint density at radius 2 is 1.91 bits per heavy atom. The third-order valence-corrected chi connectivity index (χ3v) is 6.86. The van der Waals surface area contributed by atoms with Crippen molar-refractivity contribution in [2.24, 2.45) is 0 Å². The van der Waals surface area contributed by atoms with Crippen LogP contribution in [0.1, 0.15) is 47.8 Å². The minimum atomic E-state index is -2.74. The van der Waals surface area contributed by atoms with E-state index in [2.05, 4.69) is 39.6 Å². The van der Waals surface area contributed by atoms with Crippen LogP contribution in [-0.2, 0) is 0 Å². The molecule has 178 valence electrons. The fraction of sp³-hybridized carbons (Fsp3) is 0.440. The van der Waals surface area contributed by atoms with E-state index in [-0.39, 0.29) is 51.2 Å². The highest BCUT2D eigenvalue weighted by Crippen LogP contribution is 2.44. The highest BCUT2D eigenvalue weighted by atomic mass is 19.1. The number of nitrogens with zero attached hydrogens (tertiary/aromatic N) is 5. The van der Waals surface area contributed by atoms with Crippen LogP contribution in [0.4, 0.5) is 10.2 Å². The molecule has 3 atom stereocenters. The van der Waals surface area contributed by atoms with E-state index in [4.69, 9.17) is 13.0 Å². The molecule has 2 aliphatic heterocycles. The van der Waals surface area contributed by atoms with Crippen molar-refractivity contribution in [3.8, 4) is 34.0 Å². The number of hydrogen-bond acceptors (Lipinski definition) is 8. The van der Waals surface area contributed by atoms with E-state index >= 15 is 4.39 Å². The molecule has 5 rings (SSSR count). The lowest BCUT2D eigenvalue weighted by Gasteiger charge is -2.45. The van der Waals surface area contributed by atoms with Crippen molar-refractivity contribution in [2.45, 2.75) is 56.7 Å². The van der Waals surface area contributed by atoms with Crippen LogP contribution in [-0.4, -0.2) is 56.6 Å². The Morgan fingerprint density at radius 1 is 1.12 bits per heavy atom. The summed E-state index contributed by atoms with van der Waals surface area (Å²) in [4.78, 5) is 1.32. The number of hydrogen-bond donors (Lipinski definition) is 2. The molecule has 2 aromatic heterocycles. The Balaban J connectivity index is 1.43. The summed E-state index contributed by atoms with van der Waals surface area (Å²) in [5.41, 5.74) is -0.0824. The Labute approximate surface area is 206 Å². The van der Waals surface area contributed by atoms with Crippen LogP contribution in [0.5, 0.6) is 11.6 Å². The second-order valence-corrected chi connectivity index (χ2v) is 9.69. The number of ether oxygens (including phenoxy) is 1. The summed E-state index contributed by atoms with van der Waals surface area (Å²) in [5, 5.41) is 29.9. The van der Waals surface area contributed by atoms with Gasteiger partial charge in [-0.3, -0.25) is 0 Å². The molecule has 2 bridgehead atoms. The number of aromatic hydroxyl groups is 1. The van der Waals surface area contributed by atoms with Crippen molar-refractivity contribution in [2.75, 3.05) is 18.9 Å². The highest BCUT2D eigenvalue weighted by molar-refractivity contribution is 5.75. The number of anilines is 1. The first-order chi connectivity index (χ1) is 18.5. The minimum absolute atomic E-state index is 0.0133. The molecule has 2 N–H and O–H groups in total. The first kappa shape index (κ1) is 16.3. The fourth-order valence-electron chi connectivity index (χ4n) is 5.35. The molecule has 9 heteroatoms. The molecule has 1 aromatic carbocycles. The number of halogens is 1. The second kappa shape index (κ2) is 8.16. The molecule has 8 nitrogen and oxygen atoms in total. The minimum Gasteiger partial charge on any atom is -0.507 e. The maximum Gasteiger partial charge on any atom is 0.233 e. The van der Waals surface area contributed by atoms with Crippen molar-refractivity contribution in [1.29, 1.82) is 0 Å². The van der Waals surface area contributed by atoms with Crippen molar-refractivity contribution in [3.63, 3.8) is 0 Å². The summed E-state index contributed by atoms with van der Waals surface area (Å²) in [5.74, 6) is -1.42. The van der Waals surface area contributed by atoms with Crippen LogP contribution in [0.15, 0.2) is 36.5 Å². The molecule has 2 saturated heterocycles. The molecule has 1 unspecified atom stereocenters. The largest absolute Gasteiger partial charge is 0.507 e. The van der Waals surface area contributed by atoms with E-state index < -0.39 is 25.6 Å². The van der Waals surface area contributed by atoms with Gasteiger partial charge >= 0.3 is 0 Å². The number of benzene rings is 1. The quantitative estimate of drug-likeness (QED) is 0.579. The number of phenolic OH excluding ortho intramolecular Hbond substituents is 1. The van der Waals surface area contributed by atoms with Crippen LogP contribution in [0, 0.1) is 5.82 Å². The lowest BCUT2D eigenvalue weighted by molar-refractivity contribution is 0.207. The van der Waals surface area contributed by atoms with Crippen molar-refractivity contribution in [3.05, 3.63) is 42.3 Å². The lowest BCUT2D eigenvalue weighted by Crippen LogP contribution is -2.58. The van der Waals surface area contributed by atoms with Gasteiger partial charge in [-0.2, -0.15) is 5.10 Å². The molecular formula is C25H29FN6O2. The Hall–Kier alpha value is -3.33. The van der Waals surface area contributed by atoms with Crippen LogP contribution in [0.2, 0.25) is 0 Å². The predicted molar refractivity (Wildman–Crippen MR) is 127 cm³/mol. The maximum atomic E-state index is 15.3.